The summed E-state index contributed by atoms with van der Waals surface area (Å²) in [5.74, 6) is 0. The summed E-state index contributed by atoms with van der Waals surface area (Å²) in [5.41, 5.74) is 1.24. The normalized spacial score (nSPS) is 10.8. The molecule has 0 spiro atoms. The van der Waals surface area contributed by atoms with Crippen molar-refractivity contribution in [2.45, 2.75) is 6.92 Å². The molecule has 0 N–H and O–H groups in total. The van der Waals surface area contributed by atoms with Crippen LogP contribution in [0.4, 0.5) is 11.4 Å². The Hall–Kier alpha value is -2.70. The van der Waals surface area contributed by atoms with Crippen molar-refractivity contribution in [3.63, 3.8) is 0 Å². The monoisotopic (exact) mass is 378 g/mol. The summed E-state index contributed by atoms with van der Waals surface area (Å²) in [5, 5.41) is 22.9. The average molecular weight is 377 g/mol. The molecule has 0 aliphatic heterocycles. The van der Waals surface area contributed by atoms with Crippen molar-refractivity contribution in [1.82, 2.24) is 0 Å². The molecule has 0 aliphatic rings. The number of nitrogens with zero attached hydrogens (tertiary/aromatic N) is 2. The van der Waals surface area contributed by atoms with Crippen LogP contribution in [0.2, 0.25) is 0 Å². The summed E-state index contributed by atoms with van der Waals surface area (Å²) in [7, 11) is 0. The van der Waals surface area contributed by atoms with Gasteiger partial charge in [-0.25, -0.2) is 0 Å². The molecule has 8 heteroatoms. The van der Waals surface area contributed by atoms with Gasteiger partial charge in [-0.1, -0.05) is 0 Å². The van der Waals surface area contributed by atoms with Crippen molar-refractivity contribution in [3.8, 4) is 0 Å². The minimum atomic E-state index is -0.645. The van der Waals surface area contributed by atoms with E-state index in [1.807, 2.05) is 31.2 Å². The predicted molar refractivity (Wildman–Crippen MR) is 85.7 cm³/mol. The second-order valence-electron chi connectivity index (χ2n) is 4.88. The molecule has 0 bridgehead atoms. The summed E-state index contributed by atoms with van der Waals surface area (Å²) in [4.78, 5) is 20.7. The number of nitro benzene ring substituents is 2. The SMILES string of the molecule is Cc1ccc2cc([Se]c3ccc([N+](=O)[O-])cc3[N+](=O)[O-])oc2c1. The molecule has 0 saturated heterocycles. The maximum absolute atomic E-state index is 11.2. The number of aryl methyl sites for hydroxylation is 1. The van der Waals surface area contributed by atoms with Gasteiger partial charge in [0.15, 0.2) is 0 Å². The fourth-order valence-electron chi connectivity index (χ4n) is 2.12. The van der Waals surface area contributed by atoms with Gasteiger partial charge in [0.2, 0.25) is 0 Å². The molecule has 0 atom stereocenters. The zero-order chi connectivity index (χ0) is 16.6. The number of benzene rings is 2. The first-order valence-electron chi connectivity index (χ1n) is 6.55. The molecule has 116 valence electrons. The van der Waals surface area contributed by atoms with E-state index < -0.39 is 24.8 Å². The molecule has 0 saturated carbocycles. The standard InChI is InChI=1S/C15H10N2O5Se/c1-9-2-3-10-7-15(22-13(10)6-9)23-14-5-4-11(16(18)19)8-12(14)17(20)21/h2-8H,1H3. The molecule has 2 aromatic carbocycles. The van der Waals surface area contributed by atoms with Gasteiger partial charge in [-0.3, -0.25) is 0 Å². The molecule has 0 amide bonds. The molecular weight excluding hydrogens is 367 g/mol. The van der Waals surface area contributed by atoms with Crippen molar-refractivity contribution in [1.29, 1.82) is 0 Å². The van der Waals surface area contributed by atoms with Crippen LogP contribution in [0.25, 0.3) is 11.0 Å². The Bertz CT molecular complexity index is 935. The first-order chi connectivity index (χ1) is 10.9. The van der Waals surface area contributed by atoms with Crippen LogP contribution in [-0.4, -0.2) is 24.8 Å². The first kappa shape index (κ1) is 15.2. The van der Waals surface area contributed by atoms with E-state index in [2.05, 4.69) is 0 Å². The third-order valence-electron chi connectivity index (χ3n) is 3.21. The molecule has 3 aromatic rings. The Morgan fingerprint density at radius 2 is 1.78 bits per heavy atom. The van der Waals surface area contributed by atoms with Gasteiger partial charge in [-0.05, 0) is 0 Å². The number of nitro groups is 2. The fraction of sp³-hybridized carbons (Fsp3) is 0.0667. The number of furan rings is 1. The Balaban J connectivity index is 2.00. The van der Waals surface area contributed by atoms with Crippen molar-refractivity contribution < 1.29 is 14.3 Å². The van der Waals surface area contributed by atoms with Crippen LogP contribution in [-0.2, 0) is 0 Å². The molecule has 1 aromatic heterocycles. The van der Waals surface area contributed by atoms with E-state index in [1.54, 1.807) is 0 Å². The third kappa shape index (κ3) is 3.08. The summed E-state index contributed by atoms with van der Waals surface area (Å²) in [6.45, 7) is 1.95. The third-order valence-corrected chi connectivity index (χ3v) is 5.24. The van der Waals surface area contributed by atoms with Crippen LogP contribution in [0.1, 0.15) is 5.56 Å². The Morgan fingerprint density at radius 1 is 1.00 bits per heavy atom. The molecule has 1 heterocycles. The second kappa shape index (κ2) is 5.83. The van der Waals surface area contributed by atoms with E-state index in [-0.39, 0.29) is 11.4 Å². The summed E-state index contributed by atoms with van der Waals surface area (Å²) in [6, 6.07) is 11.3. The summed E-state index contributed by atoms with van der Waals surface area (Å²) < 4.78 is 6.80. The van der Waals surface area contributed by atoms with Gasteiger partial charge in [0, 0.05) is 0 Å². The number of fused-ring (bicyclic) bond motifs is 1. The quantitative estimate of drug-likeness (QED) is 0.394. The number of rotatable bonds is 4. The van der Waals surface area contributed by atoms with Crippen molar-refractivity contribution in [2.75, 3.05) is 0 Å². The number of hydrogen-bond donors (Lipinski definition) is 0. The Labute approximate surface area is 136 Å². The summed E-state index contributed by atoms with van der Waals surface area (Å²) >= 11 is -0.454. The van der Waals surface area contributed by atoms with Gasteiger partial charge in [0.05, 0.1) is 0 Å². The van der Waals surface area contributed by atoms with Crippen molar-refractivity contribution >= 4 is 46.4 Å². The number of hydrogen-bond acceptors (Lipinski definition) is 5. The van der Waals surface area contributed by atoms with Crippen LogP contribution in [0, 0.1) is 27.2 Å². The van der Waals surface area contributed by atoms with E-state index in [4.69, 9.17) is 4.42 Å². The van der Waals surface area contributed by atoms with Crippen LogP contribution >= 0.6 is 0 Å². The minimum absolute atomic E-state index is 0.254. The maximum atomic E-state index is 11.2. The summed E-state index contributed by atoms with van der Waals surface area (Å²) in [6.07, 6.45) is 0. The molecule has 0 aliphatic carbocycles. The van der Waals surface area contributed by atoms with E-state index in [9.17, 15) is 20.2 Å². The molecule has 3 rings (SSSR count). The van der Waals surface area contributed by atoms with Crippen LogP contribution in [0.5, 0.6) is 0 Å². The number of non-ortho nitro benzene ring substituents is 1. The van der Waals surface area contributed by atoms with Crippen LogP contribution in [0.15, 0.2) is 46.9 Å². The molecule has 0 unspecified atom stereocenters. The molecule has 23 heavy (non-hydrogen) atoms. The van der Waals surface area contributed by atoms with Gasteiger partial charge in [0.1, 0.15) is 0 Å². The second-order valence-corrected chi connectivity index (χ2v) is 7.07. The van der Waals surface area contributed by atoms with Crippen molar-refractivity contribution in [3.05, 3.63) is 68.3 Å². The Morgan fingerprint density at radius 3 is 2.48 bits per heavy atom. The Kier molecular flexibility index (Phi) is 3.85. The van der Waals surface area contributed by atoms with Crippen LogP contribution in [0.3, 0.4) is 0 Å². The molecular formula is C15H10N2O5Se. The van der Waals surface area contributed by atoms with Crippen molar-refractivity contribution in [2.24, 2.45) is 0 Å². The molecule has 0 radical (unpaired) electrons. The topological polar surface area (TPSA) is 99.4 Å². The average Bonchev–Trinajstić information content (AvgIpc) is 2.88. The van der Waals surface area contributed by atoms with E-state index in [0.717, 1.165) is 22.6 Å². The van der Waals surface area contributed by atoms with E-state index >= 15 is 0 Å². The zero-order valence-corrected chi connectivity index (χ0v) is 13.6. The predicted octanol–water partition coefficient (Wildman–Crippen LogP) is 2.21. The zero-order valence-electron chi connectivity index (χ0n) is 11.9. The van der Waals surface area contributed by atoms with Gasteiger partial charge in [-0.15, -0.1) is 0 Å². The van der Waals surface area contributed by atoms with Gasteiger partial charge in [-0.2, -0.15) is 0 Å². The van der Waals surface area contributed by atoms with Gasteiger partial charge >= 0.3 is 136 Å². The molecule has 0 fully saturated rings. The van der Waals surface area contributed by atoms with E-state index in [1.165, 1.54) is 12.1 Å². The molecule has 7 nitrogen and oxygen atoms in total. The fourth-order valence-corrected chi connectivity index (χ4v) is 4.03. The van der Waals surface area contributed by atoms with Gasteiger partial charge < -0.3 is 0 Å². The van der Waals surface area contributed by atoms with E-state index in [0.29, 0.717) is 9.12 Å². The first-order valence-corrected chi connectivity index (χ1v) is 8.26. The van der Waals surface area contributed by atoms with Gasteiger partial charge in [0.25, 0.3) is 0 Å². The van der Waals surface area contributed by atoms with Crippen LogP contribution < -0.4 is 9.12 Å².